The van der Waals surface area contributed by atoms with Crippen LogP contribution < -0.4 is 4.72 Å². The highest BCUT2D eigenvalue weighted by Crippen LogP contribution is 2.32. The van der Waals surface area contributed by atoms with Crippen LogP contribution in [0.15, 0.2) is 17.0 Å². The van der Waals surface area contributed by atoms with Crippen molar-refractivity contribution < 1.29 is 0 Å². The normalized spacial score (nSPS) is 21.8. The first-order valence-electron chi connectivity index (χ1n) is 3.67. The third-order valence-electron chi connectivity index (χ3n) is 1.78. The fourth-order valence-corrected chi connectivity index (χ4v) is 2.05. The second-order valence-corrected chi connectivity index (χ2v) is 3.66. The fourth-order valence-electron chi connectivity index (χ4n) is 1.17. The van der Waals surface area contributed by atoms with Gasteiger partial charge in [-0.25, -0.2) is 0 Å². The first-order valence-corrected chi connectivity index (χ1v) is 4.49. The maximum atomic E-state index is 4.45. The van der Waals surface area contributed by atoms with Gasteiger partial charge in [0.2, 0.25) is 0 Å². The monoisotopic (exact) mass is 166 g/mol. The molecule has 0 aromatic carbocycles. The average molecular weight is 166 g/mol. The number of nitrogens with zero attached hydrogens (tertiary/aromatic N) is 1. The van der Waals surface area contributed by atoms with Crippen LogP contribution in [-0.2, 0) is 0 Å². The predicted molar refractivity (Wildman–Crippen MR) is 46.4 cm³/mol. The van der Waals surface area contributed by atoms with Crippen molar-refractivity contribution in [3.8, 4) is 0 Å². The summed E-state index contributed by atoms with van der Waals surface area (Å²) in [6.07, 6.45) is 0. The number of fused-ring (bicyclic) bond motifs is 1. The topological polar surface area (TPSA) is 24.9 Å². The Hall–Kier alpha value is -0.540. The summed E-state index contributed by atoms with van der Waals surface area (Å²) in [7, 11) is 0. The van der Waals surface area contributed by atoms with Crippen molar-refractivity contribution in [3.05, 3.63) is 23.5 Å². The molecule has 1 aliphatic heterocycles. The summed E-state index contributed by atoms with van der Waals surface area (Å²) in [6.45, 7) is 4.15. The zero-order chi connectivity index (χ0) is 7.84. The Kier molecular flexibility index (Phi) is 1.62. The Morgan fingerprint density at radius 3 is 3.18 bits per heavy atom. The molecule has 0 saturated carbocycles. The minimum Gasteiger partial charge on any atom is -0.255 e. The molecule has 0 aliphatic carbocycles. The van der Waals surface area contributed by atoms with E-state index in [1.54, 1.807) is 11.9 Å². The summed E-state index contributed by atoms with van der Waals surface area (Å²) < 4.78 is 3.27. The van der Waals surface area contributed by atoms with Crippen LogP contribution in [0.5, 0.6) is 0 Å². The Bertz CT molecular complexity index is 285. The minimum absolute atomic E-state index is 0.398. The van der Waals surface area contributed by atoms with Gasteiger partial charge in [0, 0.05) is 10.6 Å². The van der Waals surface area contributed by atoms with E-state index in [0.717, 1.165) is 5.69 Å². The van der Waals surface area contributed by atoms with Crippen molar-refractivity contribution in [1.29, 1.82) is 0 Å². The maximum absolute atomic E-state index is 4.45. The first kappa shape index (κ1) is 7.13. The van der Waals surface area contributed by atoms with Crippen molar-refractivity contribution >= 4 is 11.9 Å². The minimum atomic E-state index is 0.398. The zero-order valence-electron chi connectivity index (χ0n) is 6.59. The molecule has 0 saturated heterocycles. The van der Waals surface area contributed by atoms with E-state index in [9.17, 15) is 0 Å². The largest absolute Gasteiger partial charge is 0.255 e. The number of aryl methyl sites for hydroxylation is 1. The summed E-state index contributed by atoms with van der Waals surface area (Å²) in [6, 6.07) is 4.57. The van der Waals surface area contributed by atoms with Gasteiger partial charge in [-0.05, 0) is 37.9 Å². The van der Waals surface area contributed by atoms with E-state index in [4.69, 9.17) is 0 Å². The molecule has 0 fully saturated rings. The van der Waals surface area contributed by atoms with Gasteiger partial charge >= 0.3 is 0 Å². The molecule has 58 valence electrons. The van der Waals surface area contributed by atoms with Crippen molar-refractivity contribution in [1.82, 2.24) is 9.71 Å². The molecular weight excluding hydrogens is 156 g/mol. The number of hydrogen-bond donors (Lipinski definition) is 1. The molecule has 2 heterocycles. The molecule has 3 heteroatoms. The number of pyridine rings is 1. The molecule has 2 nitrogen and oxygen atoms in total. The highest BCUT2D eigenvalue weighted by atomic mass is 32.2. The van der Waals surface area contributed by atoms with Crippen LogP contribution in [0.1, 0.15) is 24.4 Å². The van der Waals surface area contributed by atoms with E-state index < -0.39 is 0 Å². The van der Waals surface area contributed by atoms with Crippen LogP contribution in [-0.4, -0.2) is 4.98 Å². The first-order chi connectivity index (χ1) is 5.27. The Balaban J connectivity index is 2.52. The fraction of sp³-hybridized carbons (Fsp3) is 0.375. The quantitative estimate of drug-likeness (QED) is 0.597. The van der Waals surface area contributed by atoms with Crippen LogP contribution in [0.2, 0.25) is 0 Å². The molecule has 2 rings (SSSR count). The van der Waals surface area contributed by atoms with Crippen molar-refractivity contribution in [2.75, 3.05) is 0 Å². The molecule has 1 unspecified atom stereocenters. The third kappa shape index (κ3) is 1.14. The number of rotatable bonds is 0. The second kappa shape index (κ2) is 2.50. The van der Waals surface area contributed by atoms with Crippen LogP contribution >= 0.6 is 11.9 Å². The van der Waals surface area contributed by atoms with Crippen molar-refractivity contribution in [2.45, 2.75) is 24.8 Å². The van der Waals surface area contributed by atoms with E-state index in [1.807, 2.05) is 13.0 Å². The second-order valence-electron chi connectivity index (χ2n) is 2.78. The van der Waals surface area contributed by atoms with E-state index >= 15 is 0 Å². The van der Waals surface area contributed by atoms with Gasteiger partial charge in [-0.2, -0.15) is 0 Å². The molecule has 1 aromatic rings. The van der Waals surface area contributed by atoms with E-state index in [-0.39, 0.29) is 0 Å². The molecule has 0 bridgehead atoms. The molecule has 0 amide bonds. The van der Waals surface area contributed by atoms with Gasteiger partial charge in [-0.1, -0.05) is 0 Å². The molecule has 1 atom stereocenters. The molecule has 0 spiro atoms. The Morgan fingerprint density at radius 1 is 1.55 bits per heavy atom. The van der Waals surface area contributed by atoms with Gasteiger partial charge in [-0.3, -0.25) is 9.71 Å². The summed E-state index contributed by atoms with van der Waals surface area (Å²) in [5.41, 5.74) is 2.29. The lowest BCUT2D eigenvalue weighted by atomic mass is 10.2. The molecular formula is C8H10N2S. The van der Waals surface area contributed by atoms with E-state index in [1.165, 1.54) is 10.6 Å². The van der Waals surface area contributed by atoms with Crippen molar-refractivity contribution in [2.24, 2.45) is 0 Å². The lowest BCUT2D eigenvalue weighted by molar-refractivity contribution is 0.729. The van der Waals surface area contributed by atoms with Crippen LogP contribution in [0.25, 0.3) is 0 Å². The lowest BCUT2D eigenvalue weighted by Crippen LogP contribution is -2.03. The smallest absolute Gasteiger partial charge is 0.0731 e. The molecule has 1 aliphatic rings. The van der Waals surface area contributed by atoms with Crippen LogP contribution in [0, 0.1) is 6.92 Å². The third-order valence-corrected chi connectivity index (χ3v) is 2.82. The Morgan fingerprint density at radius 2 is 2.36 bits per heavy atom. The SMILES string of the molecule is Cc1ccc2c(n1)C(C)NS2. The molecule has 11 heavy (non-hydrogen) atoms. The van der Waals surface area contributed by atoms with Gasteiger partial charge in [0.05, 0.1) is 11.7 Å². The lowest BCUT2D eigenvalue weighted by Gasteiger charge is -2.01. The van der Waals surface area contributed by atoms with Gasteiger partial charge in [0.1, 0.15) is 0 Å². The zero-order valence-corrected chi connectivity index (χ0v) is 7.40. The standard InChI is InChI=1S/C8H10N2S/c1-5-3-4-7-8(9-5)6(2)10-11-7/h3-4,6,10H,1-2H3. The number of aromatic nitrogens is 1. The van der Waals surface area contributed by atoms with Crippen molar-refractivity contribution in [3.63, 3.8) is 0 Å². The molecule has 0 radical (unpaired) electrons. The highest BCUT2D eigenvalue weighted by molar-refractivity contribution is 7.97. The average Bonchev–Trinajstić information content (AvgIpc) is 2.33. The van der Waals surface area contributed by atoms with E-state index in [2.05, 4.69) is 22.7 Å². The maximum Gasteiger partial charge on any atom is 0.0731 e. The van der Waals surface area contributed by atoms with Crippen LogP contribution in [0.3, 0.4) is 0 Å². The van der Waals surface area contributed by atoms with Gasteiger partial charge in [0.25, 0.3) is 0 Å². The molecule has 1 N–H and O–H groups in total. The van der Waals surface area contributed by atoms with Gasteiger partial charge in [-0.15, -0.1) is 0 Å². The summed E-state index contributed by atoms with van der Waals surface area (Å²) in [4.78, 5) is 5.72. The number of hydrogen-bond acceptors (Lipinski definition) is 3. The van der Waals surface area contributed by atoms with Gasteiger partial charge in [0.15, 0.2) is 0 Å². The van der Waals surface area contributed by atoms with Gasteiger partial charge < -0.3 is 0 Å². The molecule has 1 aromatic heterocycles. The predicted octanol–water partition coefficient (Wildman–Crippen LogP) is 2.06. The summed E-state index contributed by atoms with van der Waals surface area (Å²) >= 11 is 1.67. The number of nitrogens with one attached hydrogen (secondary N) is 1. The van der Waals surface area contributed by atoms with E-state index in [0.29, 0.717) is 6.04 Å². The van der Waals surface area contributed by atoms with Crippen LogP contribution in [0.4, 0.5) is 0 Å². The Labute approximate surface area is 70.5 Å². The summed E-state index contributed by atoms with van der Waals surface area (Å²) in [5.74, 6) is 0. The summed E-state index contributed by atoms with van der Waals surface area (Å²) in [5, 5.41) is 0. The highest BCUT2D eigenvalue weighted by Gasteiger charge is 2.19.